The topological polar surface area (TPSA) is 37.3 Å². The summed E-state index contributed by atoms with van der Waals surface area (Å²) in [4.78, 5) is 12.3. The summed E-state index contributed by atoms with van der Waals surface area (Å²) >= 11 is 0. The molecule has 1 saturated carbocycles. The molecule has 0 amide bonds. The number of allylic oxidation sites excluding steroid dienone is 4. The van der Waals surface area contributed by atoms with Crippen molar-refractivity contribution in [1.29, 1.82) is 0 Å². The second-order valence-corrected chi connectivity index (χ2v) is 8.30. The average Bonchev–Trinajstić information content (AvgIpc) is 2.69. The van der Waals surface area contributed by atoms with Crippen LogP contribution in [0, 0.1) is 17.3 Å². The summed E-state index contributed by atoms with van der Waals surface area (Å²) in [6.45, 7) is 10.4. The fourth-order valence-electron chi connectivity index (χ4n) is 4.44. The van der Waals surface area contributed by atoms with Crippen LogP contribution in [-0.4, -0.2) is 16.5 Å². The molecule has 2 rings (SSSR count). The lowest BCUT2D eigenvalue weighted by Crippen LogP contribution is -2.40. The Hall–Kier alpha value is -0.890. The Morgan fingerprint density at radius 3 is 2.82 bits per heavy atom. The van der Waals surface area contributed by atoms with Crippen LogP contribution in [0.3, 0.4) is 0 Å². The quantitative estimate of drug-likeness (QED) is 0.756. The van der Waals surface area contributed by atoms with Gasteiger partial charge in [-0.2, -0.15) is 0 Å². The molecule has 124 valence electrons. The van der Waals surface area contributed by atoms with Crippen molar-refractivity contribution in [3.8, 4) is 0 Å². The van der Waals surface area contributed by atoms with Gasteiger partial charge in [-0.3, -0.25) is 4.79 Å². The lowest BCUT2D eigenvalue weighted by molar-refractivity contribution is -0.118. The standard InChI is InChI=1S/C20H32O2/c1-14(2)7-6-10-20(5,22)16-9-12-19(4)11-8-15(3)18(21)13-17(16)19/h7-8,16-17,22H,6,9-13H2,1-5H3/t16?,17?,19-,20?/m1/s1. The van der Waals surface area contributed by atoms with Crippen LogP contribution in [0.15, 0.2) is 23.3 Å². The summed E-state index contributed by atoms with van der Waals surface area (Å²) in [6, 6.07) is 0. The van der Waals surface area contributed by atoms with Crippen LogP contribution in [0.4, 0.5) is 0 Å². The SMILES string of the molecule is CC(C)=CCCC(C)(O)C1CC[C@@]2(C)CC=C(C)C(=O)CC12. The third-order valence-corrected chi connectivity index (χ3v) is 6.13. The molecular formula is C20H32O2. The van der Waals surface area contributed by atoms with Crippen LogP contribution < -0.4 is 0 Å². The van der Waals surface area contributed by atoms with Gasteiger partial charge in [0.05, 0.1) is 5.60 Å². The number of rotatable bonds is 4. The maximum Gasteiger partial charge on any atom is 0.158 e. The smallest absolute Gasteiger partial charge is 0.158 e. The van der Waals surface area contributed by atoms with Gasteiger partial charge in [0, 0.05) is 6.42 Å². The molecule has 2 heteroatoms. The number of hydrogen-bond acceptors (Lipinski definition) is 2. The molecule has 0 aromatic rings. The van der Waals surface area contributed by atoms with Gasteiger partial charge in [0.25, 0.3) is 0 Å². The predicted octanol–water partition coefficient (Wildman–Crippen LogP) is 4.83. The van der Waals surface area contributed by atoms with Crippen molar-refractivity contribution in [1.82, 2.24) is 0 Å². The number of hydrogen-bond donors (Lipinski definition) is 1. The van der Waals surface area contributed by atoms with E-state index in [2.05, 4.69) is 32.9 Å². The molecule has 1 N–H and O–H groups in total. The fourth-order valence-corrected chi connectivity index (χ4v) is 4.44. The molecule has 0 aromatic heterocycles. The van der Waals surface area contributed by atoms with E-state index < -0.39 is 5.60 Å². The fraction of sp³-hybridized carbons (Fsp3) is 0.750. The molecule has 4 atom stereocenters. The van der Waals surface area contributed by atoms with Gasteiger partial charge in [-0.05, 0) is 82.6 Å². The lowest BCUT2D eigenvalue weighted by Gasteiger charge is -2.38. The summed E-state index contributed by atoms with van der Waals surface area (Å²) in [6.07, 6.45) is 9.80. The predicted molar refractivity (Wildman–Crippen MR) is 91.6 cm³/mol. The van der Waals surface area contributed by atoms with Crippen LogP contribution in [-0.2, 0) is 4.79 Å². The minimum Gasteiger partial charge on any atom is -0.390 e. The highest BCUT2D eigenvalue weighted by Gasteiger charge is 2.51. The number of ketones is 1. The van der Waals surface area contributed by atoms with Crippen molar-refractivity contribution in [2.24, 2.45) is 17.3 Å². The molecule has 0 radical (unpaired) electrons. The zero-order chi connectivity index (χ0) is 16.5. The molecule has 1 fully saturated rings. The largest absolute Gasteiger partial charge is 0.390 e. The van der Waals surface area contributed by atoms with E-state index in [4.69, 9.17) is 0 Å². The molecule has 2 aliphatic carbocycles. The molecule has 2 nitrogen and oxygen atoms in total. The van der Waals surface area contributed by atoms with E-state index in [1.54, 1.807) is 0 Å². The van der Waals surface area contributed by atoms with Gasteiger partial charge in [-0.1, -0.05) is 24.6 Å². The maximum atomic E-state index is 12.3. The minimum atomic E-state index is -0.674. The third-order valence-electron chi connectivity index (χ3n) is 6.13. The second kappa shape index (κ2) is 6.31. The van der Waals surface area contributed by atoms with Crippen LogP contribution in [0.25, 0.3) is 0 Å². The van der Waals surface area contributed by atoms with E-state index in [1.165, 1.54) is 5.57 Å². The minimum absolute atomic E-state index is 0.179. The van der Waals surface area contributed by atoms with Crippen molar-refractivity contribution in [3.63, 3.8) is 0 Å². The second-order valence-electron chi connectivity index (χ2n) is 8.30. The Morgan fingerprint density at radius 2 is 2.18 bits per heavy atom. The van der Waals surface area contributed by atoms with Gasteiger partial charge in [0.2, 0.25) is 0 Å². The molecule has 0 aromatic carbocycles. The Labute approximate surface area is 135 Å². The summed E-state index contributed by atoms with van der Waals surface area (Å²) < 4.78 is 0. The van der Waals surface area contributed by atoms with E-state index in [0.717, 1.165) is 37.7 Å². The Morgan fingerprint density at radius 1 is 1.50 bits per heavy atom. The highest BCUT2D eigenvalue weighted by Crippen LogP contribution is 2.56. The summed E-state index contributed by atoms with van der Waals surface area (Å²) in [5.41, 5.74) is 1.72. The highest BCUT2D eigenvalue weighted by atomic mass is 16.3. The number of carbonyl (C=O) groups is 1. The molecule has 2 aliphatic rings. The first-order valence-electron chi connectivity index (χ1n) is 8.71. The summed E-state index contributed by atoms with van der Waals surface area (Å²) in [5.74, 6) is 0.836. The van der Waals surface area contributed by atoms with E-state index in [9.17, 15) is 9.90 Å². The summed E-state index contributed by atoms with van der Waals surface area (Å²) in [7, 11) is 0. The van der Waals surface area contributed by atoms with Crippen LogP contribution in [0.5, 0.6) is 0 Å². The van der Waals surface area contributed by atoms with E-state index in [-0.39, 0.29) is 17.1 Å². The van der Waals surface area contributed by atoms with Gasteiger partial charge < -0.3 is 5.11 Å². The van der Waals surface area contributed by atoms with Crippen molar-refractivity contribution in [2.75, 3.05) is 0 Å². The van der Waals surface area contributed by atoms with Gasteiger partial charge in [-0.15, -0.1) is 0 Å². The molecule has 0 bridgehead atoms. The van der Waals surface area contributed by atoms with E-state index >= 15 is 0 Å². The van der Waals surface area contributed by atoms with Crippen molar-refractivity contribution >= 4 is 5.78 Å². The molecule has 3 unspecified atom stereocenters. The van der Waals surface area contributed by atoms with Crippen molar-refractivity contribution in [2.45, 2.75) is 78.7 Å². The van der Waals surface area contributed by atoms with Gasteiger partial charge in [0.15, 0.2) is 5.78 Å². The molecule has 22 heavy (non-hydrogen) atoms. The van der Waals surface area contributed by atoms with E-state index in [1.807, 2.05) is 13.8 Å². The molecule has 0 aliphatic heterocycles. The monoisotopic (exact) mass is 304 g/mol. The van der Waals surface area contributed by atoms with Gasteiger partial charge in [0.1, 0.15) is 0 Å². The molecule has 0 saturated heterocycles. The first kappa shape index (κ1) is 17.5. The first-order chi connectivity index (χ1) is 10.2. The van der Waals surface area contributed by atoms with Crippen molar-refractivity contribution in [3.05, 3.63) is 23.3 Å². The number of carbonyl (C=O) groups excluding carboxylic acids is 1. The Balaban J connectivity index is 2.16. The van der Waals surface area contributed by atoms with E-state index in [0.29, 0.717) is 12.3 Å². The first-order valence-corrected chi connectivity index (χ1v) is 8.71. The zero-order valence-corrected chi connectivity index (χ0v) is 14.9. The number of aliphatic hydroxyl groups is 1. The van der Waals surface area contributed by atoms with Crippen molar-refractivity contribution < 1.29 is 9.90 Å². The molecular weight excluding hydrogens is 272 g/mol. The lowest BCUT2D eigenvalue weighted by atomic mass is 9.69. The Bertz CT molecular complexity index is 494. The molecule has 0 spiro atoms. The van der Waals surface area contributed by atoms with Gasteiger partial charge in [-0.25, -0.2) is 0 Å². The highest BCUT2D eigenvalue weighted by molar-refractivity contribution is 5.95. The van der Waals surface area contributed by atoms with Gasteiger partial charge >= 0.3 is 0 Å². The Kier molecular flexibility index (Phi) is 5.01. The number of fused-ring (bicyclic) bond motifs is 1. The zero-order valence-electron chi connectivity index (χ0n) is 14.9. The number of Topliss-reactive ketones (excluding diaryl/α,β-unsaturated/α-hetero) is 1. The maximum absolute atomic E-state index is 12.3. The average molecular weight is 304 g/mol. The normalized spacial score (nSPS) is 34.5. The third kappa shape index (κ3) is 3.53. The summed E-state index contributed by atoms with van der Waals surface area (Å²) in [5, 5.41) is 11.1. The van der Waals surface area contributed by atoms with Crippen LogP contribution in [0.1, 0.15) is 73.1 Å². The molecule has 0 heterocycles. The van der Waals surface area contributed by atoms with Crippen LogP contribution >= 0.6 is 0 Å². The van der Waals surface area contributed by atoms with Crippen LogP contribution in [0.2, 0.25) is 0 Å².